The Bertz CT molecular complexity index is 2480. The van der Waals surface area contributed by atoms with Gasteiger partial charge in [0.2, 0.25) is 0 Å². The number of fused-ring (bicyclic) bond motifs is 3. The Labute approximate surface area is 333 Å². The number of para-hydroxylation sites is 2. The van der Waals surface area contributed by atoms with Gasteiger partial charge >= 0.3 is 0 Å². The summed E-state index contributed by atoms with van der Waals surface area (Å²) < 4.78 is 3.51. The van der Waals surface area contributed by atoms with Crippen LogP contribution in [0.4, 0.5) is 0 Å². The number of imidazole rings is 1. The summed E-state index contributed by atoms with van der Waals surface area (Å²) in [7, 11) is -1.34. The van der Waals surface area contributed by atoms with Crippen LogP contribution in [-0.4, -0.2) is 22.6 Å². The van der Waals surface area contributed by atoms with Crippen molar-refractivity contribution in [2.45, 2.75) is 66.1 Å². The molecule has 0 atom stereocenters. The maximum Gasteiger partial charge on any atom is 0.0798 e. The molecule has 0 aliphatic rings. The molecule has 0 aliphatic carbocycles. The summed E-state index contributed by atoms with van der Waals surface area (Å²) in [6.07, 6.45) is 3.24. The molecule has 0 fully saturated rings. The molecular formula is C47H47IrN3SSi-2. The number of aromatic nitrogens is 3. The molecule has 0 bridgehead atoms. The Morgan fingerprint density at radius 3 is 2.15 bits per heavy atom. The fraction of sp³-hybridized carbons (Fsp3) is 0.234. The number of rotatable bonds is 6. The molecule has 0 spiro atoms. The number of nitrogens with zero attached hydrogens (tertiary/aromatic N) is 3. The Morgan fingerprint density at radius 1 is 0.811 bits per heavy atom. The van der Waals surface area contributed by atoms with E-state index in [0.29, 0.717) is 5.92 Å². The largest absolute Gasteiger partial charge is 0.333 e. The van der Waals surface area contributed by atoms with E-state index in [0.717, 1.165) is 45.8 Å². The van der Waals surface area contributed by atoms with Crippen LogP contribution in [0.5, 0.6) is 0 Å². The molecule has 3 aromatic heterocycles. The summed E-state index contributed by atoms with van der Waals surface area (Å²) in [6.45, 7) is 18.5. The molecule has 53 heavy (non-hydrogen) atoms. The maximum absolute atomic E-state index is 5.07. The molecular weight excluding hydrogens is 859 g/mol. The summed E-state index contributed by atoms with van der Waals surface area (Å²) in [4.78, 5) is 9.76. The summed E-state index contributed by atoms with van der Waals surface area (Å²) >= 11 is 1.66. The Balaban J connectivity index is 0.000000199. The van der Waals surface area contributed by atoms with Gasteiger partial charge in [-0.1, -0.05) is 142 Å². The first-order valence-electron chi connectivity index (χ1n) is 18.2. The molecule has 0 aliphatic heterocycles. The molecule has 0 amide bonds. The fourth-order valence-electron chi connectivity index (χ4n) is 6.87. The van der Waals surface area contributed by atoms with E-state index in [4.69, 9.17) is 4.98 Å². The van der Waals surface area contributed by atoms with Gasteiger partial charge in [0, 0.05) is 32.0 Å². The van der Waals surface area contributed by atoms with Crippen molar-refractivity contribution in [3.63, 3.8) is 0 Å². The zero-order valence-electron chi connectivity index (χ0n) is 31.9. The molecule has 271 valence electrons. The molecule has 0 saturated heterocycles. The van der Waals surface area contributed by atoms with Crippen LogP contribution in [0.25, 0.3) is 60.2 Å². The van der Waals surface area contributed by atoms with Gasteiger partial charge in [0.15, 0.2) is 0 Å². The van der Waals surface area contributed by atoms with Gasteiger partial charge in [0.25, 0.3) is 0 Å². The molecule has 3 heterocycles. The topological polar surface area (TPSA) is 30.7 Å². The van der Waals surface area contributed by atoms with E-state index in [1.807, 2.05) is 18.2 Å². The molecule has 0 unspecified atom stereocenters. The molecule has 1 radical (unpaired) electrons. The average Bonchev–Trinajstić information content (AvgIpc) is 3.71. The van der Waals surface area contributed by atoms with Crippen molar-refractivity contribution in [1.82, 2.24) is 14.5 Å². The van der Waals surface area contributed by atoms with Crippen molar-refractivity contribution < 1.29 is 20.1 Å². The Kier molecular flexibility index (Phi) is 11.4. The number of hydrogen-bond donors (Lipinski definition) is 0. The van der Waals surface area contributed by atoms with Crippen molar-refractivity contribution in [1.29, 1.82) is 0 Å². The van der Waals surface area contributed by atoms with E-state index >= 15 is 0 Å². The van der Waals surface area contributed by atoms with Gasteiger partial charge in [0.1, 0.15) is 0 Å². The summed E-state index contributed by atoms with van der Waals surface area (Å²) in [5, 5.41) is 8.77. The first-order chi connectivity index (χ1) is 24.9. The minimum Gasteiger partial charge on any atom is -0.333 e. The van der Waals surface area contributed by atoms with Gasteiger partial charge in [-0.2, -0.15) is 0 Å². The monoisotopic (exact) mass is 906 g/mol. The zero-order chi connectivity index (χ0) is 36.6. The fourth-order valence-corrected chi connectivity index (χ4v) is 9.33. The van der Waals surface area contributed by atoms with Crippen LogP contribution in [0, 0.1) is 17.4 Å². The van der Waals surface area contributed by atoms with Gasteiger partial charge in [0.05, 0.1) is 24.9 Å². The third-order valence-electron chi connectivity index (χ3n) is 9.57. The van der Waals surface area contributed by atoms with Gasteiger partial charge < -0.3 is 9.55 Å². The summed E-state index contributed by atoms with van der Waals surface area (Å²) in [6, 6.07) is 43.9. The summed E-state index contributed by atoms with van der Waals surface area (Å²) in [5.41, 5.74) is 9.34. The number of thiophene rings is 1. The van der Waals surface area contributed by atoms with E-state index in [1.165, 1.54) is 37.2 Å². The van der Waals surface area contributed by atoms with Gasteiger partial charge in [-0.15, -0.1) is 41.3 Å². The predicted octanol–water partition coefficient (Wildman–Crippen LogP) is 12.4. The van der Waals surface area contributed by atoms with E-state index in [9.17, 15) is 0 Å². The van der Waals surface area contributed by atoms with Crippen LogP contribution in [0.2, 0.25) is 19.6 Å². The number of benzene rings is 5. The van der Waals surface area contributed by atoms with Crippen LogP contribution in [-0.2, 0) is 31.9 Å². The first kappa shape index (κ1) is 38.5. The smallest absolute Gasteiger partial charge is 0.0798 e. The second-order valence-corrected chi connectivity index (χ2v) is 22.1. The van der Waals surface area contributed by atoms with E-state index in [-0.39, 0.29) is 25.5 Å². The average molecular weight is 906 g/mol. The summed E-state index contributed by atoms with van der Waals surface area (Å²) in [5.74, 6) is 1.61. The molecule has 8 aromatic rings. The van der Waals surface area contributed by atoms with Crippen molar-refractivity contribution in [2.75, 3.05) is 0 Å². The third kappa shape index (κ3) is 8.32. The van der Waals surface area contributed by atoms with Crippen molar-refractivity contribution in [2.24, 2.45) is 5.92 Å². The van der Waals surface area contributed by atoms with Crippen LogP contribution in [0.1, 0.15) is 45.7 Å². The molecule has 6 heteroatoms. The minimum atomic E-state index is -1.34. The Hall–Kier alpha value is -4.19. The zero-order valence-corrected chi connectivity index (χ0v) is 36.1. The molecule has 3 nitrogen and oxygen atoms in total. The van der Waals surface area contributed by atoms with E-state index in [2.05, 4.69) is 179 Å². The third-order valence-corrected chi connectivity index (χ3v) is 12.5. The van der Waals surface area contributed by atoms with Crippen molar-refractivity contribution in [3.05, 3.63) is 144 Å². The first-order valence-corrected chi connectivity index (χ1v) is 22.6. The maximum atomic E-state index is 5.07. The van der Waals surface area contributed by atoms with Gasteiger partial charge in [-0.25, -0.2) is 0 Å². The molecule has 5 aromatic carbocycles. The number of pyridine rings is 1. The van der Waals surface area contributed by atoms with E-state index < -0.39 is 8.07 Å². The minimum absolute atomic E-state index is 0. The SMILES string of the molecule is CC(C)(C)c1ccc(-n2c(-c3[c-]sc4cc5ccccc5cc34)nc3ccccc32)cc1.CC(C)Cc1cc(-c2[c-]cccc2)ncc1[Si](C)(C)C.[Ir]. The van der Waals surface area contributed by atoms with Crippen LogP contribution in [0.15, 0.2) is 121 Å². The molecule has 0 N–H and O–H groups in total. The Morgan fingerprint density at radius 2 is 1.49 bits per heavy atom. The molecule has 8 rings (SSSR count). The molecule has 0 saturated carbocycles. The van der Waals surface area contributed by atoms with Crippen molar-refractivity contribution in [3.8, 4) is 28.3 Å². The predicted molar refractivity (Wildman–Crippen MR) is 227 cm³/mol. The standard InChI is InChI=1S/C29H23N2S.C18H24NSi.Ir/c1-29(2,3)21-12-14-22(15-13-21)31-26-11-7-6-10-25(26)30-28(31)24-18-32-27-17-20-9-5-4-8-19(20)16-23(24)27;1-14(2)11-16-12-17(15-9-7-6-8-10-15)19-13-18(16)20(3,4)5;/h4-17H,1-3H3;6-9,12-14H,11H2,1-5H3;/q2*-1;. The van der Waals surface area contributed by atoms with Gasteiger partial charge in [-0.3, -0.25) is 16.3 Å². The van der Waals surface area contributed by atoms with Crippen LogP contribution < -0.4 is 5.19 Å². The second-order valence-electron chi connectivity index (χ2n) is 16.2. The van der Waals surface area contributed by atoms with E-state index in [1.54, 1.807) is 11.3 Å². The van der Waals surface area contributed by atoms with Crippen LogP contribution >= 0.6 is 11.3 Å². The normalized spacial score (nSPS) is 11.9. The number of hydrogen-bond acceptors (Lipinski definition) is 3. The van der Waals surface area contributed by atoms with Gasteiger partial charge in [-0.05, 0) is 69.2 Å². The second kappa shape index (κ2) is 15.7. The van der Waals surface area contributed by atoms with Crippen molar-refractivity contribution >= 4 is 56.5 Å². The quantitative estimate of drug-likeness (QED) is 0.123. The van der Waals surface area contributed by atoms with Crippen LogP contribution in [0.3, 0.4) is 0 Å².